The molecule has 0 bridgehead atoms. The Bertz CT molecular complexity index is 464. The van der Waals surface area contributed by atoms with Gasteiger partial charge >= 0.3 is 0 Å². The van der Waals surface area contributed by atoms with Crippen LogP contribution < -0.4 is 4.90 Å². The Morgan fingerprint density at radius 1 is 1.35 bits per heavy atom. The zero-order chi connectivity index (χ0) is 12.6. The monoisotopic (exact) mass is 303 g/mol. The van der Waals surface area contributed by atoms with Crippen molar-refractivity contribution in [2.24, 2.45) is 0 Å². The number of aryl methyl sites for hydroxylation is 1. The number of halogens is 3. The van der Waals surface area contributed by atoms with Crippen molar-refractivity contribution in [1.29, 1.82) is 0 Å². The Hall–Kier alpha value is -0.970. The summed E-state index contributed by atoms with van der Waals surface area (Å²) >= 11 is 3.24. The summed E-state index contributed by atoms with van der Waals surface area (Å²) < 4.78 is 27.2. The highest BCUT2D eigenvalue weighted by Crippen LogP contribution is 2.28. The van der Waals surface area contributed by atoms with Gasteiger partial charge in [-0.15, -0.1) is 0 Å². The van der Waals surface area contributed by atoms with Crippen molar-refractivity contribution in [3.63, 3.8) is 0 Å². The van der Waals surface area contributed by atoms with Crippen LogP contribution in [0.2, 0.25) is 0 Å². The molecule has 0 radical (unpaired) electrons. The number of piperidine rings is 1. The molecule has 1 amide bonds. The summed E-state index contributed by atoms with van der Waals surface area (Å²) in [7, 11) is 0. The average molecular weight is 304 g/mol. The lowest BCUT2D eigenvalue weighted by Gasteiger charge is -2.30. The average Bonchev–Trinajstić information content (AvgIpc) is 2.28. The molecule has 92 valence electrons. The fourth-order valence-corrected chi connectivity index (χ4v) is 2.48. The first kappa shape index (κ1) is 12.5. The smallest absolute Gasteiger partial charge is 0.240 e. The van der Waals surface area contributed by atoms with E-state index in [1.165, 1.54) is 11.8 Å². The molecule has 5 heteroatoms. The SMILES string of the molecule is Cc1cc(F)c(N2CCCC(Br)C2=O)cc1F. The second kappa shape index (κ2) is 4.72. The van der Waals surface area contributed by atoms with E-state index in [4.69, 9.17) is 0 Å². The van der Waals surface area contributed by atoms with E-state index in [9.17, 15) is 13.6 Å². The molecular weight excluding hydrogens is 292 g/mol. The van der Waals surface area contributed by atoms with Crippen LogP contribution in [0.4, 0.5) is 14.5 Å². The molecule has 1 fully saturated rings. The number of amides is 1. The molecule has 0 saturated carbocycles. The first-order valence-corrected chi connectivity index (χ1v) is 6.33. The van der Waals surface area contributed by atoms with E-state index in [1.54, 1.807) is 0 Å². The van der Waals surface area contributed by atoms with E-state index in [1.807, 2.05) is 0 Å². The predicted octanol–water partition coefficient (Wildman–Crippen LogP) is 3.16. The van der Waals surface area contributed by atoms with E-state index in [0.717, 1.165) is 25.0 Å². The lowest BCUT2D eigenvalue weighted by Crippen LogP contribution is -2.42. The lowest BCUT2D eigenvalue weighted by molar-refractivity contribution is -0.118. The molecule has 1 aromatic rings. The third-order valence-corrected chi connectivity index (χ3v) is 3.74. The third-order valence-electron chi connectivity index (χ3n) is 2.89. The summed E-state index contributed by atoms with van der Waals surface area (Å²) in [6.07, 6.45) is 1.50. The summed E-state index contributed by atoms with van der Waals surface area (Å²) in [4.78, 5) is 12.9. The van der Waals surface area contributed by atoms with Gasteiger partial charge < -0.3 is 4.90 Å². The van der Waals surface area contributed by atoms with Gasteiger partial charge in [0.15, 0.2) is 0 Å². The van der Waals surface area contributed by atoms with Gasteiger partial charge in [-0.3, -0.25) is 4.79 Å². The fourth-order valence-electron chi connectivity index (χ4n) is 1.91. The maximum atomic E-state index is 13.7. The van der Waals surface area contributed by atoms with Crippen LogP contribution in [0.1, 0.15) is 18.4 Å². The van der Waals surface area contributed by atoms with E-state index in [2.05, 4.69) is 15.9 Å². The van der Waals surface area contributed by atoms with Gasteiger partial charge in [0.05, 0.1) is 10.5 Å². The number of hydrogen-bond donors (Lipinski definition) is 0. The topological polar surface area (TPSA) is 20.3 Å². The minimum Gasteiger partial charge on any atom is -0.309 e. The van der Waals surface area contributed by atoms with Gasteiger partial charge in [0.25, 0.3) is 0 Å². The van der Waals surface area contributed by atoms with Crippen LogP contribution in [-0.2, 0) is 4.79 Å². The highest BCUT2D eigenvalue weighted by Gasteiger charge is 2.29. The van der Waals surface area contributed by atoms with Crippen LogP contribution >= 0.6 is 15.9 Å². The molecule has 1 saturated heterocycles. The first-order valence-electron chi connectivity index (χ1n) is 5.42. The molecular formula is C12H12BrF2NO. The van der Waals surface area contributed by atoms with Crippen molar-refractivity contribution >= 4 is 27.5 Å². The maximum absolute atomic E-state index is 13.7. The Kier molecular flexibility index (Phi) is 3.47. The highest BCUT2D eigenvalue weighted by atomic mass is 79.9. The quantitative estimate of drug-likeness (QED) is 0.730. The number of alkyl halides is 1. The largest absolute Gasteiger partial charge is 0.309 e. The van der Waals surface area contributed by atoms with E-state index in [-0.39, 0.29) is 22.0 Å². The minimum atomic E-state index is -0.557. The molecule has 1 aromatic carbocycles. The Balaban J connectivity index is 2.39. The normalized spacial score (nSPS) is 20.8. The van der Waals surface area contributed by atoms with E-state index in [0.29, 0.717) is 6.54 Å². The van der Waals surface area contributed by atoms with E-state index >= 15 is 0 Å². The Labute approximate surface area is 107 Å². The van der Waals surface area contributed by atoms with Gasteiger partial charge in [0.1, 0.15) is 11.6 Å². The van der Waals surface area contributed by atoms with Crippen LogP contribution in [0.25, 0.3) is 0 Å². The number of benzene rings is 1. The molecule has 1 atom stereocenters. The summed E-state index contributed by atoms with van der Waals surface area (Å²) in [5.41, 5.74) is 0.272. The molecule has 17 heavy (non-hydrogen) atoms. The van der Waals surface area contributed by atoms with Gasteiger partial charge in [-0.2, -0.15) is 0 Å². The minimum absolute atomic E-state index is 0.0299. The summed E-state index contributed by atoms with van der Waals surface area (Å²) in [5, 5.41) is 0. The highest BCUT2D eigenvalue weighted by molar-refractivity contribution is 9.10. The van der Waals surface area contributed by atoms with Crippen LogP contribution in [0.5, 0.6) is 0 Å². The number of rotatable bonds is 1. The maximum Gasteiger partial charge on any atom is 0.240 e. The predicted molar refractivity (Wildman–Crippen MR) is 65.4 cm³/mol. The van der Waals surface area contributed by atoms with Crippen molar-refractivity contribution in [3.05, 3.63) is 29.3 Å². The summed E-state index contributed by atoms with van der Waals surface area (Å²) in [5.74, 6) is -1.26. The van der Waals surface area contributed by atoms with Gasteiger partial charge in [-0.1, -0.05) is 15.9 Å². The number of hydrogen-bond acceptors (Lipinski definition) is 1. The molecule has 1 unspecified atom stereocenters. The molecule has 1 aliphatic rings. The van der Waals surface area contributed by atoms with Crippen LogP contribution in [0, 0.1) is 18.6 Å². The molecule has 2 nitrogen and oxygen atoms in total. The van der Waals surface area contributed by atoms with Crippen LogP contribution in [0.15, 0.2) is 12.1 Å². The lowest BCUT2D eigenvalue weighted by atomic mass is 10.1. The molecule has 0 aromatic heterocycles. The van der Waals surface area contributed by atoms with Crippen molar-refractivity contribution in [2.45, 2.75) is 24.6 Å². The Morgan fingerprint density at radius 3 is 2.76 bits per heavy atom. The zero-order valence-corrected chi connectivity index (χ0v) is 10.9. The molecule has 1 aliphatic heterocycles. The standard InChI is InChI=1S/C12H12BrF2NO/c1-7-5-10(15)11(6-9(7)14)16-4-2-3-8(13)12(16)17/h5-6,8H,2-4H2,1H3. The second-order valence-corrected chi connectivity index (χ2v) is 5.26. The molecule has 0 N–H and O–H groups in total. The van der Waals surface area contributed by atoms with Gasteiger partial charge in [-0.25, -0.2) is 8.78 Å². The van der Waals surface area contributed by atoms with Crippen molar-refractivity contribution in [1.82, 2.24) is 0 Å². The van der Waals surface area contributed by atoms with Gasteiger partial charge in [0, 0.05) is 12.6 Å². The van der Waals surface area contributed by atoms with Gasteiger partial charge in [-0.05, 0) is 31.4 Å². The third kappa shape index (κ3) is 2.34. The fraction of sp³-hybridized carbons (Fsp3) is 0.417. The molecule has 1 heterocycles. The first-order chi connectivity index (χ1) is 8.00. The number of nitrogens with zero attached hydrogens (tertiary/aromatic N) is 1. The van der Waals surface area contributed by atoms with Crippen LogP contribution in [0.3, 0.4) is 0 Å². The number of carbonyl (C=O) groups excluding carboxylic acids is 1. The summed E-state index contributed by atoms with van der Waals surface area (Å²) in [6, 6.07) is 2.21. The van der Waals surface area contributed by atoms with E-state index < -0.39 is 11.6 Å². The molecule has 2 rings (SSSR count). The summed E-state index contributed by atoms with van der Waals surface area (Å²) in [6.45, 7) is 1.92. The number of carbonyl (C=O) groups is 1. The molecule has 0 aliphatic carbocycles. The van der Waals surface area contributed by atoms with Gasteiger partial charge in [0.2, 0.25) is 5.91 Å². The van der Waals surface area contributed by atoms with Crippen molar-refractivity contribution in [2.75, 3.05) is 11.4 Å². The second-order valence-electron chi connectivity index (χ2n) is 4.15. The number of anilines is 1. The van der Waals surface area contributed by atoms with Crippen molar-refractivity contribution in [3.8, 4) is 0 Å². The van der Waals surface area contributed by atoms with Crippen molar-refractivity contribution < 1.29 is 13.6 Å². The zero-order valence-electron chi connectivity index (χ0n) is 9.34. The molecule has 0 spiro atoms. The van der Waals surface area contributed by atoms with Crippen LogP contribution in [-0.4, -0.2) is 17.3 Å². The Morgan fingerprint density at radius 2 is 2.06 bits per heavy atom.